The Kier molecular flexibility index (Phi) is 3.11. The molecule has 17 heavy (non-hydrogen) atoms. The molecule has 2 N–H and O–H groups in total. The lowest BCUT2D eigenvalue weighted by atomic mass is 10.0. The van der Waals surface area contributed by atoms with Crippen LogP contribution < -0.4 is 10.5 Å². The lowest BCUT2D eigenvalue weighted by Gasteiger charge is -2.11. The highest BCUT2D eigenvalue weighted by molar-refractivity contribution is 9.10. The van der Waals surface area contributed by atoms with Crippen molar-refractivity contribution in [2.75, 3.05) is 12.8 Å². The highest BCUT2D eigenvalue weighted by Crippen LogP contribution is 2.38. The summed E-state index contributed by atoms with van der Waals surface area (Å²) < 4.78 is 7.98. The van der Waals surface area contributed by atoms with Crippen molar-refractivity contribution in [2.24, 2.45) is 7.05 Å². The smallest absolute Gasteiger partial charge is 0.142 e. The van der Waals surface area contributed by atoms with Gasteiger partial charge in [0.25, 0.3) is 0 Å². The Hall–Kier alpha value is -1.49. The van der Waals surface area contributed by atoms with Gasteiger partial charge < -0.3 is 10.5 Å². The molecule has 5 heteroatoms. The first-order chi connectivity index (χ1) is 8.04. The summed E-state index contributed by atoms with van der Waals surface area (Å²) in [5, 5.41) is 4.38. The van der Waals surface area contributed by atoms with E-state index in [4.69, 9.17) is 10.5 Å². The minimum Gasteiger partial charge on any atom is -0.495 e. The van der Waals surface area contributed by atoms with Crippen LogP contribution in [-0.4, -0.2) is 16.9 Å². The van der Waals surface area contributed by atoms with Crippen LogP contribution in [0.3, 0.4) is 0 Å². The second-order valence-electron chi connectivity index (χ2n) is 3.85. The zero-order valence-corrected chi connectivity index (χ0v) is 11.6. The second-order valence-corrected chi connectivity index (χ2v) is 4.70. The summed E-state index contributed by atoms with van der Waals surface area (Å²) in [6.07, 6.45) is 0. The Bertz CT molecular complexity index is 544. The first kappa shape index (κ1) is 12.0. The number of ether oxygens (including phenoxy) is 1. The lowest BCUT2D eigenvalue weighted by molar-refractivity contribution is 0.413. The third-order valence-corrected chi connectivity index (χ3v) is 3.32. The number of hydrogen-bond acceptors (Lipinski definition) is 3. The Morgan fingerprint density at radius 3 is 2.65 bits per heavy atom. The summed E-state index contributed by atoms with van der Waals surface area (Å²) in [7, 11) is 3.47. The number of benzene rings is 1. The molecule has 0 radical (unpaired) electrons. The Morgan fingerprint density at radius 1 is 1.41 bits per heavy atom. The zero-order valence-electron chi connectivity index (χ0n) is 9.99. The van der Waals surface area contributed by atoms with Gasteiger partial charge in [0.2, 0.25) is 0 Å². The predicted molar refractivity (Wildman–Crippen MR) is 72.0 cm³/mol. The molecule has 0 fully saturated rings. The summed E-state index contributed by atoms with van der Waals surface area (Å²) in [5.74, 6) is 1.41. The highest BCUT2D eigenvalue weighted by atomic mass is 79.9. The van der Waals surface area contributed by atoms with Crippen molar-refractivity contribution in [3.63, 3.8) is 0 Å². The van der Waals surface area contributed by atoms with Gasteiger partial charge in [-0.15, -0.1) is 0 Å². The molecule has 2 rings (SSSR count). The van der Waals surface area contributed by atoms with Crippen LogP contribution in [-0.2, 0) is 7.05 Å². The van der Waals surface area contributed by atoms with Crippen LogP contribution in [0.4, 0.5) is 5.82 Å². The summed E-state index contributed by atoms with van der Waals surface area (Å²) in [5.41, 5.74) is 8.69. The number of aromatic nitrogens is 2. The molecule has 1 aromatic heterocycles. The number of nitrogens with two attached hydrogens (primary N) is 1. The molecule has 2 aromatic rings. The molecule has 0 amide bonds. The summed E-state index contributed by atoms with van der Waals surface area (Å²) >= 11 is 3.47. The molecule has 0 spiro atoms. The topological polar surface area (TPSA) is 53.1 Å². The number of halogens is 1. The third kappa shape index (κ3) is 2.02. The number of nitrogens with zero attached hydrogens (tertiary/aromatic N) is 2. The number of methoxy groups -OCH3 is 1. The van der Waals surface area contributed by atoms with E-state index in [0.717, 1.165) is 27.0 Å². The predicted octanol–water partition coefficient (Wildman–Crippen LogP) is 2.75. The molecule has 90 valence electrons. The van der Waals surface area contributed by atoms with Crippen LogP contribution in [0.5, 0.6) is 5.75 Å². The number of aryl methyl sites for hydroxylation is 2. The van der Waals surface area contributed by atoms with Crippen LogP contribution in [0.1, 0.15) is 5.56 Å². The molecule has 4 nitrogen and oxygen atoms in total. The first-order valence-electron chi connectivity index (χ1n) is 5.17. The number of rotatable bonds is 2. The van der Waals surface area contributed by atoms with Crippen molar-refractivity contribution in [1.29, 1.82) is 0 Å². The van der Waals surface area contributed by atoms with Gasteiger partial charge in [0, 0.05) is 18.7 Å². The molecule has 0 aliphatic carbocycles. The minimum atomic E-state index is 0.626. The zero-order chi connectivity index (χ0) is 12.6. The van der Waals surface area contributed by atoms with E-state index in [-0.39, 0.29) is 0 Å². The van der Waals surface area contributed by atoms with E-state index in [2.05, 4.69) is 21.0 Å². The monoisotopic (exact) mass is 295 g/mol. The van der Waals surface area contributed by atoms with Gasteiger partial charge >= 0.3 is 0 Å². The molecule has 0 saturated heterocycles. The van der Waals surface area contributed by atoms with Gasteiger partial charge in [-0.1, -0.05) is 6.07 Å². The molecule has 1 heterocycles. The summed E-state index contributed by atoms with van der Waals surface area (Å²) in [4.78, 5) is 0. The largest absolute Gasteiger partial charge is 0.495 e. The quantitative estimate of drug-likeness (QED) is 0.927. The van der Waals surface area contributed by atoms with Crippen molar-refractivity contribution in [1.82, 2.24) is 9.78 Å². The van der Waals surface area contributed by atoms with Crippen molar-refractivity contribution in [2.45, 2.75) is 6.92 Å². The van der Waals surface area contributed by atoms with Gasteiger partial charge in [0.1, 0.15) is 11.6 Å². The second kappa shape index (κ2) is 4.41. The number of nitrogen functional groups attached to an aromatic ring is 1. The fourth-order valence-corrected chi connectivity index (χ4v) is 2.27. The molecule has 0 aliphatic rings. The van der Waals surface area contributed by atoms with Crippen molar-refractivity contribution >= 4 is 21.7 Å². The normalized spacial score (nSPS) is 10.6. The Morgan fingerprint density at radius 2 is 2.12 bits per heavy atom. The van der Waals surface area contributed by atoms with Crippen LogP contribution in [0, 0.1) is 6.92 Å². The average Bonchev–Trinajstić information content (AvgIpc) is 2.61. The van der Waals surface area contributed by atoms with Crippen LogP contribution in [0.2, 0.25) is 0 Å². The van der Waals surface area contributed by atoms with Gasteiger partial charge in [0.05, 0.1) is 17.3 Å². The number of anilines is 1. The van der Waals surface area contributed by atoms with Crippen LogP contribution in [0.15, 0.2) is 22.7 Å². The maximum absolute atomic E-state index is 5.81. The van der Waals surface area contributed by atoms with E-state index >= 15 is 0 Å². The number of hydrogen-bond donors (Lipinski definition) is 1. The van der Waals surface area contributed by atoms with E-state index < -0.39 is 0 Å². The van der Waals surface area contributed by atoms with Gasteiger partial charge in [-0.2, -0.15) is 5.10 Å². The first-order valence-corrected chi connectivity index (χ1v) is 5.97. The SMILES string of the molecule is COc1c(Br)ccc(C)c1-c1cc(N)n(C)n1. The molecular weight excluding hydrogens is 282 g/mol. The summed E-state index contributed by atoms with van der Waals surface area (Å²) in [6.45, 7) is 2.02. The highest BCUT2D eigenvalue weighted by Gasteiger charge is 2.15. The third-order valence-electron chi connectivity index (χ3n) is 2.69. The van der Waals surface area contributed by atoms with Gasteiger partial charge in [-0.25, -0.2) is 0 Å². The fraction of sp³-hybridized carbons (Fsp3) is 0.250. The lowest BCUT2D eigenvalue weighted by Crippen LogP contribution is -1.97. The van der Waals surface area contributed by atoms with Gasteiger partial charge in [-0.05, 0) is 34.5 Å². The van der Waals surface area contributed by atoms with E-state index in [1.165, 1.54) is 0 Å². The molecule has 0 atom stereocenters. The van der Waals surface area contributed by atoms with E-state index in [9.17, 15) is 0 Å². The summed E-state index contributed by atoms with van der Waals surface area (Å²) in [6, 6.07) is 5.83. The maximum atomic E-state index is 5.81. The molecule has 0 aliphatic heterocycles. The van der Waals surface area contributed by atoms with E-state index in [0.29, 0.717) is 5.82 Å². The van der Waals surface area contributed by atoms with Gasteiger partial charge in [0.15, 0.2) is 0 Å². The molecule has 1 aromatic carbocycles. The van der Waals surface area contributed by atoms with Crippen molar-refractivity contribution < 1.29 is 4.74 Å². The van der Waals surface area contributed by atoms with E-state index in [1.54, 1.807) is 11.8 Å². The Balaban J connectivity index is 2.69. The average molecular weight is 296 g/mol. The molecule has 0 unspecified atom stereocenters. The molecule has 0 saturated carbocycles. The van der Waals surface area contributed by atoms with Crippen molar-refractivity contribution in [3.8, 4) is 17.0 Å². The minimum absolute atomic E-state index is 0.626. The fourth-order valence-electron chi connectivity index (χ4n) is 1.78. The maximum Gasteiger partial charge on any atom is 0.142 e. The molecule has 0 bridgehead atoms. The van der Waals surface area contributed by atoms with Gasteiger partial charge in [-0.3, -0.25) is 4.68 Å². The molecular formula is C12H14BrN3O. The van der Waals surface area contributed by atoms with E-state index in [1.807, 2.05) is 32.2 Å². The van der Waals surface area contributed by atoms with Crippen molar-refractivity contribution in [3.05, 3.63) is 28.2 Å². The Labute approximate surface area is 109 Å². The standard InChI is InChI=1S/C12H14BrN3O/c1-7-4-5-8(13)12(17-3)11(7)9-6-10(14)16(2)15-9/h4-6H,14H2,1-3H3. The van der Waals surface area contributed by atoms with Crippen LogP contribution >= 0.6 is 15.9 Å². The van der Waals surface area contributed by atoms with Crippen LogP contribution in [0.25, 0.3) is 11.3 Å².